The topological polar surface area (TPSA) is 69.9 Å². The maximum absolute atomic E-state index is 12.7. The molecule has 1 aromatic heterocycles. The Labute approximate surface area is 205 Å². The molecule has 1 amide bonds. The van der Waals surface area contributed by atoms with Gasteiger partial charge in [0.2, 0.25) is 5.91 Å². The molecule has 6 heteroatoms. The second kappa shape index (κ2) is 10.4. The third kappa shape index (κ3) is 4.87. The molecule has 180 valence electrons. The first-order valence-corrected chi connectivity index (χ1v) is 11.3. The van der Waals surface area contributed by atoms with Crippen molar-refractivity contribution in [2.45, 2.75) is 20.4 Å². The molecule has 3 aromatic carbocycles. The normalized spacial score (nSPS) is 11.4. The highest BCUT2D eigenvalue weighted by Gasteiger charge is 2.20. The predicted octanol–water partition coefficient (Wildman–Crippen LogP) is 6.15. The van der Waals surface area contributed by atoms with Crippen LogP contribution >= 0.6 is 0 Å². The summed E-state index contributed by atoms with van der Waals surface area (Å²) in [5.74, 6) is 1.91. The molecule has 4 aromatic rings. The van der Waals surface area contributed by atoms with E-state index >= 15 is 0 Å². The molecular weight excluding hydrogens is 442 g/mol. The van der Waals surface area contributed by atoms with Crippen LogP contribution in [0.2, 0.25) is 0 Å². The minimum atomic E-state index is -0.173. The molecule has 0 saturated carbocycles. The van der Waals surface area contributed by atoms with Crippen molar-refractivity contribution >= 4 is 22.4 Å². The standard InChI is InChI=1S/C29H29NO5/c1-18(13-27(31)30-16-20-9-7-6-8-10-20)22-15-24-25(17-35-29(24)19(2)28(22)34-5)23-14-21(32-3)11-12-26(23)33-4/h6-15,17H,16H2,1-5H3,(H,30,31)/b18-13+. The van der Waals surface area contributed by atoms with Crippen molar-refractivity contribution in [3.8, 4) is 28.4 Å². The van der Waals surface area contributed by atoms with Gasteiger partial charge in [-0.2, -0.15) is 0 Å². The summed E-state index contributed by atoms with van der Waals surface area (Å²) in [7, 11) is 4.88. The maximum Gasteiger partial charge on any atom is 0.244 e. The Morgan fingerprint density at radius 3 is 2.43 bits per heavy atom. The molecular formula is C29H29NO5. The molecule has 0 aliphatic carbocycles. The zero-order valence-corrected chi connectivity index (χ0v) is 20.6. The van der Waals surface area contributed by atoms with Crippen molar-refractivity contribution in [3.63, 3.8) is 0 Å². The van der Waals surface area contributed by atoms with E-state index < -0.39 is 0 Å². The number of amides is 1. The molecule has 0 atom stereocenters. The number of fused-ring (bicyclic) bond motifs is 1. The van der Waals surface area contributed by atoms with E-state index in [-0.39, 0.29) is 5.91 Å². The van der Waals surface area contributed by atoms with E-state index in [0.717, 1.165) is 38.8 Å². The molecule has 35 heavy (non-hydrogen) atoms. The van der Waals surface area contributed by atoms with Crippen LogP contribution in [0.15, 0.2) is 71.4 Å². The Morgan fingerprint density at radius 2 is 1.74 bits per heavy atom. The fraction of sp³-hybridized carbons (Fsp3) is 0.207. The summed E-state index contributed by atoms with van der Waals surface area (Å²) in [5, 5.41) is 3.83. The average Bonchev–Trinajstić information content (AvgIpc) is 3.31. The van der Waals surface area contributed by atoms with Gasteiger partial charge in [0.25, 0.3) is 0 Å². The highest BCUT2D eigenvalue weighted by atomic mass is 16.5. The Kier molecular flexibility index (Phi) is 7.11. The molecule has 1 N–H and O–H groups in total. The number of carbonyl (C=O) groups is 1. The number of aryl methyl sites for hydroxylation is 1. The lowest BCUT2D eigenvalue weighted by molar-refractivity contribution is -0.116. The molecule has 0 saturated heterocycles. The molecule has 0 spiro atoms. The maximum atomic E-state index is 12.7. The van der Waals surface area contributed by atoms with E-state index in [9.17, 15) is 4.79 Å². The second-order valence-electron chi connectivity index (χ2n) is 8.21. The number of carbonyl (C=O) groups excluding carboxylic acids is 1. The first kappa shape index (κ1) is 24.0. The van der Waals surface area contributed by atoms with Gasteiger partial charge >= 0.3 is 0 Å². The largest absolute Gasteiger partial charge is 0.497 e. The van der Waals surface area contributed by atoms with Crippen LogP contribution < -0.4 is 19.5 Å². The van der Waals surface area contributed by atoms with Crippen molar-refractivity contribution in [2.75, 3.05) is 21.3 Å². The zero-order chi connectivity index (χ0) is 24.9. The van der Waals surface area contributed by atoms with E-state index in [1.165, 1.54) is 0 Å². The molecule has 0 bridgehead atoms. The first-order valence-electron chi connectivity index (χ1n) is 11.3. The number of furan rings is 1. The molecule has 4 rings (SSSR count). The second-order valence-corrected chi connectivity index (χ2v) is 8.21. The number of nitrogens with one attached hydrogen (secondary N) is 1. The van der Waals surface area contributed by atoms with Crippen molar-refractivity contribution in [2.24, 2.45) is 0 Å². The van der Waals surface area contributed by atoms with Crippen LogP contribution in [0.25, 0.3) is 27.7 Å². The number of allylic oxidation sites excluding steroid dienone is 1. The minimum absolute atomic E-state index is 0.173. The Morgan fingerprint density at radius 1 is 0.971 bits per heavy atom. The number of rotatable bonds is 8. The van der Waals surface area contributed by atoms with Gasteiger partial charge in [-0.15, -0.1) is 0 Å². The van der Waals surface area contributed by atoms with Crippen LogP contribution in [-0.4, -0.2) is 27.2 Å². The molecule has 6 nitrogen and oxygen atoms in total. The third-order valence-corrected chi connectivity index (χ3v) is 6.03. The summed E-state index contributed by atoms with van der Waals surface area (Å²) in [6.45, 7) is 4.31. The van der Waals surface area contributed by atoms with Crippen molar-refractivity contribution < 1.29 is 23.4 Å². The predicted molar refractivity (Wildman–Crippen MR) is 138 cm³/mol. The number of benzene rings is 3. The zero-order valence-electron chi connectivity index (χ0n) is 20.6. The molecule has 0 radical (unpaired) electrons. The van der Waals surface area contributed by atoms with E-state index in [4.69, 9.17) is 18.6 Å². The summed E-state index contributed by atoms with van der Waals surface area (Å²) >= 11 is 0. The lowest BCUT2D eigenvalue weighted by Gasteiger charge is -2.14. The highest BCUT2D eigenvalue weighted by molar-refractivity contribution is 6.02. The first-order chi connectivity index (χ1) is 17.0. The van der Waals surface area contributed by atoms with Crippen LogP contribution in [0.1, 0.15) is 23.6 Å². The van der Waals surface area contributed by atoms with E-state index in [1.54, 1.807) is 33.7 Å². The molecule has 0 aliphatic rings. The number of methoxy groups -OCH3 is 3. The van der Waals surface area contributed by atoms with Gasteiger partial charge in [0.05, 0.1) is 27.6 Å². The summed E-state index contributed by atoms with van der Waals surface area (Å²) < 4.78 is 22.7. The van der Waals surface area contributed by atoms with E-state index in [1.807, 2.05) is 68.4 Å². The van der Waals surface area contributed by atoms with E-state index in [0.29, 0.717) is 29.4 Å². The smallest absolute Gasteiger partial charge is 0.244 e. The third-order valence-electron chi connectivity index (χ3n) is 6.03. The van der Waals surface area contributed by atoms with Crippen LogP contribution in [0, 0.1) is 6.92 Å². The Balaban J connectivity index is 1.76. The van der Waals surface area contributed by atoms with Crippen LogP contribution in [0.3, 0.4) is 0 Å². The van der Waals surface area contributed by atoms with Gasteiger partial charge in [-0.1, -0.05) is 30.3 Å². The highest BCUT2D eigenvalue weighted by Crippen LogP contribution is 2.43. The number of hydrogen-bond acceptors (Lipinski definition) is 5. The van der Waals surface area contributed by atoms with Crippen LogP contribution in [0.4, 0.5) is 0 Å². The van der Waals surface area contributed by atoms with Crippen LogP contribution in [-0.2, 0) is 11.3 Å². The summed E-state index contributed by atoms with van der Waals surface area (Å²) in [4.78, 5) is 12.7. The van der Waals surface area contributed by atoms with E-state index in [2.05, 4.69) is 5.32 Å². The van der Waals surface area contributed by atoms with Gasteiger partial charge in [0.1, 0.15) is 22.8 Å². The Hall–Kier alpha value is -4.19. The quantitative estimate of drug-likeness (QED) is 0.312. The summed E-state index contributed by atoms with van der Waals surface area (Å²) in [5.41, 5.74) is 5.92. The fourth-order valence-electron chi connectivity index (χ4n) is 4.22. The van der Waals surface area contributed by atoms with Gasteiger partial charge in [-0.25, -0.2) is 0 Å². The van der Waals surface area contributed by atoms with Crippen LogP contribution in [0.5, 0.6) is 17.2 Å². The minimum Gasteiger partial charge on any atom is -0.497 e. The lowest BCUT2D eigenvalue weighted by Crippen LogP contribution is -2.20. The number of hydrogen-bond donors (Lipinski definition) is 1. The SMILES string of the molecule is COc1ccc(OC)c(-c2coc3c(C)c(OC)c(/C(C)=C/C(=O)NCc4ccccc4)cc23)c1. The summed E-state index contributed by atoms with van der Waals surface area (Å²) in [6.07, 6.45) is 3.31. The molecule has 0 aliphatic heterocycles. The fourth-order valence-corrected chi connectivity index (χ4v) is 4.22. The molecule has 0 unspecified atom stereocenters. The van der Waals surface area contributed by atoms with Gasteiger partial charge in [0, 0.05) is 40.3 Å². The lowest BCUT2D eigenvalue weighted by atomic mass is 9.96. The van der Waals surface area contributed by atoms with Gasteiger partial charge in [-0.05, 0) is 49.2 Å². The van der Waals surface area contributed by atoms with Crippen molar-refractivity contribution in [1.29, 1.82) is 0 Å². The summed E-state index contributed by atoms with van der Waals surface area (Å²) in [6, 6.07) is 17.4. The average molecular weight is 472 g/mol. The molecule has 0 fully saturated rings. The van der Waals surface area contributed by atoms with Crippen molar-refractivity contribution in [1.82, 2.24) is 5.32 Å². The van der Waals surface area contributed by atoms with Gasteiger partial charge in [0.15, 0.2) is 0 Å². The monoisotopic (exact) mass is 471 g/mol. The number of ether oxygens (including phenoxy) is 3. The Bertz CT molecular complexity index is 1390. The van der Waals surface area contributed by atoms with Gasteiger partial charge in [-0.3, -0.25) is 4.79 Å². The van der Waals surface area contributed by atoms with Crippen molar-refractivity contribution in [3.05, 3.63) is 83.6 Å². The van der Waals surface area contributed by atoms with Gasteiger partial charge < -0.3 is 23.9 Å². The molecule has 1 heterocycles.